The fourth-order valence-electron chi connectivity index (χ4n) is 4.00. The molecule has 0 unspecified atom stereocenters. The molecule has 0 radical (unpaired) electrons. The summed E-state index contributed by atoms with van der Waals surface area (Å²) in [6.07, 6.45) is 1.81. The number of pyridine rings is 1. The van der Waals surface area contributed by atoms with Gasteiger partial charge in [0.05, 0.1) is 17.4 Å². The lowest BCUT2D eigenvalue weighted by molar-refractivity contribution is 0.0781. The summed E-state index contributed by atoms with van der Waals surface area (Å²) in [4.78, 5) is 29.3. The summed E-state index contributed by atoms with van der Waals surface area (Å²) in [5.41, 5.74) is 5.56. The molecule has 3 aromatic heterocycles. The third-order valence-electron chi connectivity index (χ3n) is 5.74. The second-order valence-corrected chi connectivity index (χ2v) is 8.74. The van der Waals surface area contributed by atoms with Crippen LogP contribution in [0.25, 0.3) is 22.3 Å². The van der Waals surface area contributed by atoms with Gasteiger partial charge in [0.25, 0.3) is 5.91 Å². The Labute approximate surface area is 204 Å². The summed E-state index contributed by atoms with van der Waals surface area (Å²) in [5, 5.41) is 8.65. The molecule has 0 aliphatic rings. The number of nitrogens with zero attached hydrogens (tertiary/aromatic N) is 6. The quantitative estimate of drug-likeness (QED) is 0.429. The number of amides is 1. The van der Waals surface area contributed by atoms with Crippen molar-refractivity contribution >= 4 is 28.4 Å². The molecule has 0 atom stereocenters. The van der Waals surface area contributed by atoms with Gasteiger partial charge in [0, 0.05) is 59.6 Å². The Balaban J connectivity index is 1.78. The Morgan fingerprint density at radius 3 is 2.65 bits per heavy atom. The minimum absolute atomic E-state index is 0.208. The molecule has 9 heteroatoms. The van der Waals surface area contributed by atoms with Gasteiger partial charge in [0.1, 0.15) is 5.69 Å². The van der Waals surface area contributed by atoms with Crippen LogP contribution in [0.5, 0.6) is 0 Å². The van der Waals surface area contributed by atoms with Crippen molar-refractivity contribution in [1.82, 2.24) is 34.9 Å². The molecule has 176 valence electrons. The second-order valence-electron chi connectivity index (χ2n) is 8.31. The van der Waals surface area contributed by atoms with E-state index in [-0.39, 0.29) is 5.91 Å². The summed E-state index contributed by atoms with van der Waals surface area (Å²) in [5.74, 6) is 0.269. The van der Waals surface area contributed by atoms with Crippen molar-refractivity contribution in [1.29, 1.82) is 0 Å². The Morgan fingerprint density at radius 1 is 1.15 bits per heavy atom. The van der Waals surface area contributed by atoms with Crippen LogP contribution in [0.3, 0.4) is 0 Å². The van der Waals surface area contributed by atoms with Gasteiger partial charge in [0.2, 0.25) is 0 Å². The third-order valence-corrected chi connectivity index (χ3v) is 5.98. The van der Waals surface area contributed by atoms with Gasteiger partial charge in [-0.25, -0.2) is 9.97 Å². The van der Waals surface area contributed by atoms with Crippen molar-refractivity contribution < 1.29 is 4.79 Å². The number of hydrogen-bond acceptors (Lipinski definition) is 6. The van der Waals surface area contributed by atoms with Gasteiger partial charge in [-0.1, -0.05) is 11.6 Å². The maximum absolute atomic E-state index is 13.6. The predicted octanol–water partition coefficient (Wildman–Crippen LogP) is 4.17. The highest BCUT2D eigenvalue weighted by atomic mass is 35.5. The number of benzene rings is 1. The lowest BCUT2D eigenvalue weighted by Gasteiger charge is -2.18. The Bertz CT molecular complexity index is 1370. The average molecular weight is 478 g/mol. The minimum Gasteiger partial charge on any atom is -0.336 e. The molecule has 34 heavy (non-hydrogen) atoms. The SMILES string of the molecule is CCn1ncc(CN(C)C(=O)c2nc(-c3cc(C)nc(CNC)c3)nc3ccc(Cl)cc23)c1C. The molecular formula is C25H28ClN7O. The van der Waals surface area contributed by atoms with E-state index in [0.29, 0.717) is 40.5 Å². The van der Waals surface area contributed by atoms with Crippen LogP contribution in [0.1, 0.15) is 40.1 Å². The lowest BCUT2D eigenvalue weighted by Crippen LogP contribution is -2.28. The van der Waals surface area contributed by atoms with E-state index in [1.807, 2.05) is 56.9 Å². The molecule has 0 aliphatic heterocycles. The number of aryl methyl sites for hydroxylation is 2. The van der Waals surface area contributed by atoms with E-state index in [9.17, 15) is 4.79 Å². The van der Waals surface area contributed by atoms with Crippen LogP contribution in [-0.4, -0.2) is 49.6 Å². The van der Waals surface area contributed by atoms with Crippen LogP contribution in [-0.2, 0) is 19.6 Å². The van der Waals surface area contributed by atoms with Gasteiger partial charge in [-0.05, 0) is 58.2 Å². The normalized spacial score (nSPS) is 11.2. The highest BCUT2D eigenvalue weighted by Crippen LogP contribution is 2.26. The van der Waals surface area contributed by atoms with E-state index >= 15 is 0 Å². The number of fused-ring (bicyclic) bond motifs is 1. The molecule has 0 spiro atoms. The molecular weight excluding hydrogens is 450 g/mol. The lowest BCUT2D eigenvalue weighted by atomic mass is 10.1. The standard InChI is InChI=1S/C25H28ClN7O/c1-6-33-16(3)18(12-28-33)14-32(5)25(34)23-21-11-19(26)7-8-22(21)30-24(31-23)17-9-15(2)29-20(10-17)13-27-4/h7-12,27H,6,13-14H2,1-5H3. The van der Waals surface area contributed by atoms with E-state index < -0.39 is 0 Å². The van der Waals surface area contributed by atoms with Gasteiger partial charge in [-0.15, -0.1) is 0 Å². The smallest absolute Gasteiger partial charge is 0.273 e. The molecule has 0 aliphatic carbocycles. The first-order valence-electron chi connectivity index (χ1n) is 11.2. The Morgan fingerprint density at radius 2 is 1.94 bits per heavy atom. The van der Waals surface area contributed by atoms with Crippen LogP contribution in [0.4, 0.5) is 0 Å². The monoisotopic (exact) mass is 477 g/mol. The summed E-state index contributed by atoms with van der Waals surface area (Å²) in [6.45, 7) is 7.81. The fraction of sp³-hybridized carbons (Fsp3) is 0.320. The molecule has 4 aromatic rings. The van der Waals surface area contributed by atoms with E-state index in [4.69, 9.17) is 21.6 Å². The molecule has 0 saturated carbocycles. The summed E-state index contributed by atoms with van der Waals surface area (Å²) in [7, 11) is 3.64. The van der Waals surface area contributed by atoms with E-state index in [0.717, 1.165) is 34.8 Å². The number of nitrogens with one attached hydrogen (secondary N) is 1. The van der Waals surface area contributed by atoms with Crippen LogP contribution in [0, 0.1) is 13.8 Å². The first kappa shape index (κ1) is 23.8. The van der Waals surface area contributed by atoms with E-state index in [2.05, 4.69) is 15.4 Å². The molecule has 0 saturated heterocycles. The zero-order chi connectivity index (χ0) is 24.4. The highest BCUT2D eigenvalue weighted by molar-refractivity contribution is 6.31. The van der Waals surface area contributed by atoms with E-state index in [1.54, 1.807) is 24.1 Å². The first-order chi connectivity index (χ1) is 16.3. The van der Waals surface area contributed by atoms with Crippen LogP contribution in [0.15, 0.2) is 36.5 Å². The van der Waals surface area contributed by atoms with Crippen LogP contribution >= 0.6 is 11.6 Å². The Hall–Kier alpha value is -3.36. The summed E-state index contributed by atoms with van der Waals surface area (Å²) in [6, 6.07) is 9.20. The highest BCUT2D eigenvalue weighted by Gasteiger charge is 2.21. The molecule has 0 bridgehead atoms. The minimum atomic E-state index is -0.208. The zero-order valence-corrected chi connectivity index (χ0v) is 20.8. The number of aromatic nitrogens is 5. The van der Waals surface area contributed by atoms with E-state index in [1.165, 1.54) is 0 Å². The summed E-state index contributed by atoms with van der Waals surface area (Å²) >= 11 is 6.27. The number of hydrogen-bond donors (Lipinski definition) is 1. The maximum Gasteiger partial charge on any atom is 0.273 e. The number of carbonyl (C=O) groups is 1. The molecule has 4 rings (SSSR count). The fourth-order valence-corrected chi connectivity index (χ4v) is 4.17. The van der Waals surface area contributed by atoms with Gasteiger partial charge >= 0.3 is 0 Å². The zero-order valence-electron chi connectivity index (χ0n) is 20.1. The predicted molar refractivity (Wildman–Crippen MR) is 134 cm³/mol. The first-order valence-corrected chi connectivity index (χ1v) is 11.5. The molecule has 1 amide bonds. The average Bonchev–Trinajstić information content (AvgIpc) is 3.16. The number of halogens is 1. The van der Waals surface area contributed by atoms with Crippen molar-refractivity contribution in [3.63, 3.8) is 0 Å². The third kappa shape index (κ3) is 4.78. The van der Waals surface area contributed by atoms with Crippen molar-refractivity contribution in [3.05, 3.63) is 69.9 Å². The molecule has 0 fully saturated rings. The molecule has 8 nitrogen and oxygen atoms in total. The molecule has 1 aromatic carbocycles. The van der Waals surface area contributed by atoms with Crippen LogP contribution in [0.2, 0.25) is 5.02 Å². The van der Waals surface area contributed by atoms with Gasteiger partial charge < -0.3 is 10.2 Å². The van der Waals surface area contributed by atoms with Crippen molar-refractivity contribution in [2.75, 3.05) is 14.1 Å². The Kier molecular flexibility index (Phi) is 6.90. The summed E-state index contributed by atoms with van der Waals surface area (Å²) < 4.78 is 1.92. The number of carbonyl (C=O) groups excluding carboxylic acids is 1. The van der Waals surface area contributed by atoms with Crippen molar-refractivity contribution in [2.45, 2.75) is 40.4 Å². The second kappa shape index (κ2) is 9.87. The maximum atomic E-state index is 13.6. The van der Waals surface area contributed by atoms with Gasteiger partial charge in [-0.3, -0.25) is 14.5 Å². The van der Waals surface area contributed by atoms with Crippen molar-refractivity contribution in [3.8, 4) is 11.4 Å². The molecule has 3 heterocycles. The largest absolute Gasteiger partial charge is 0.336 e. The molecule has 1 N–H and O–H groups in total. The van der Waals surface area contributed by atoms with Gasteiger partial charge in [-0.2, -0.15) is 5.10 Å². The van der Waals surface area contributed by atoms with Gasteiger partial charge in [0.15, 0.2) is 5.82 Å². The van der Waals surface area contributed by atoms with Crippen molar-refractivity contribution in [2.24, 2.45) is 0 Å². The number of rotatable bonds is 7. The van der Waals surface area contributed by atoms with Crippen LogP contribution < -0.4 is 5.32 Å². The topological polar surface area (TPSA) is 88.8 Å².